The quantitative estimate of drug-likeness (QED) is 0.0318. The van der Waals surface area contributed by atoms with E-state index >= 15 is 0 Å². The molecule has 1 aliphatic heterocycles. The molecule has 0 unspecified atom stereocenters. The molecule has 2 aliphatic rings. The number of urea groups is 1. The zero-order valence-electron chi connectivity index (χ0n) is 37.8. The maximum Gasteiger partial charge on any atom is 0.344 e. The maximum atomic E-state index is 14.5. The van der Waals surface area contributed by atoms with Crippen LogP contribution in [0.25, 0.3) is 10.9 Å². The predicted octanol–water partition coefficient (Wildman–Crippen LogP) is 7.69. The summed E-state index contributed by atoms with van der Waals surface area (Å²) in [4.78, 5) is 86.5. The van der Waals surface area contributed by atoms with Gasteiger partial charge in [0.25, 0.3) is 21.8 Å². The molecular weight excluding hydrogens is 1110 g/mol. The van der Waals surface area contributed by atoms with Crippen LogP contribution in [0.5, 0.6) is 17.5 Å². The fourth-order valence-corrected chi connectivity index (χ4v) is 8.90. The highest BCUT2D eigenvalue weighted by Gasteiger charge is 2.41. The van der Waals surface area contributed by atoms with Crippen LogP contribution in [0.2, 0.25) is 10.0 Å². The van der Waals surface area contributed by atoms with Crippen molar-refractivity contribution < 1.29 is 70.7 Å². The second-order valence-electron chi connectivity index (χ2n) is 14.9. The van der Waals surface area contributed by atoms with Gasteiger partial charge in [0, 0.05) is 32.4 Å². The number of nitrogens with zero attached hydrogens (tertiary/aromatic N) is 5. The number of carboxylic acid groups (broad SMARTS) is 2. The largest absolute Gasteiger partial charge is 0.480 e. The molecule has 71 heavy (non-hydrogen) atoms. The van der Waals surface area contributed by atoms with Crippen molar-refractivity contribution in [3.63, 3.8) is 0 Å². The first-order valence-corrected chi connectivity index (χ1v) is 24.5. The molecule has 0 radical (unpaired) electrons. The van der Waals surface area contributed by atoms with E-state index in [9.17, 15) is 41.6 Å². The molecule has 5 aromatic rings. The van der Waals surface area contributed by atoms with E-state index in [0.717, 1.165) is 60.6 Å². The van der Waals surface area contributed by atoms with Gasteiger partial charge in [0.05, 0.1) is 35.0 Å². The number of halogens is 4. The zero-order valence-corrected chi connectivity index (χ0v) is 42.3. The Labute approximate surface area is 428 Å². The molecule has 2 aromatic heterocycles. The second-order valence-corrected chi connectivity index (χ2v) is 18.6. The van der Waals surface area contributed by atoms with E-state index in [1.165, 1.54) is 26.2 Å². The number of benzene rings is 3. The molecule has 0 saturated carbocycles. The number of aryl methyl sites for hydroxylation is 1. The molecule has 376 valence electrons. The number of aromatic carboxylic acids is 1. The number of unbranched alkanes of at least 4 members (excludes halogenated alkanes) is 2. The number of fused-ring (bicyclic) bond motifs is 1. The number of pyridine rings is 1. The smallest absolute Gasteiger partial charge is 0.344 e. The van der Waals surface area contributed by atoms with E-state index < -0.39 is 75.3 Å². The highest BCUT2D eigenvalue weighted by molar-refractivity contribution is 14.1. The minimum Gasteiger partial charge on any atom is -0.480 e. The van der Waals surface area contributed by atoms with E-state index in [1.54, 1.807) is 35.2 Å². The molecule has 3 aromatic carbocycles. The molecule has 0 fully saturated rings. The first-order chi connectivity index (χ1) is 33.7. The number of carbonyl (C=O) groups excluding carboxylic acids is 4. The average Bonchev–Trinajstić information content (AvgIpc) is 3.57. The van der Waals surface area contributed by atoms with Crippen molar-refractivity contribution >= 4 is 114 Å². The molecule has 0 bridgehead atoms. The Morgan fingerprint density at radius 1 is 0.887 bits per heavy atom. The Balaban J connectivity index is 0.000000206. The first kappa shape index (κ1) is 55.2. The summed E-state index contributed by atoms with van der Waals surface area (Å²) in [6.07, 6.45) is 7.00. The molecule has 7 rings (SSSR count). The summed E-state index contributed by atoms with van der Waals surface area (Å²) in [7, 11) is -3.14. The van der Waals surface area contributed by atoms with E-state index in [4.69, 9.17) is 52.4 Å². The van der Waals surface area contributed by atoms with Crippen LogP contribution in [0.4, 0.5) is 20.8 Å². The topological polar surface area (TPSA) is 293 Å². The summed E-state index contributed by atoms with van der Waals surface area (Å²) in [6.45, 7) is 3.06. The monoisotopic (exact) mass is 1150 g/mol. The van der Waals surface area contributed by atoms with Gasteiger partial charge in [-0.1, -0.05) is 43.0 Å². The predicted molar refractivity (Wildman–Crippen MR) is 262 cm³/mol. The summed E-state index contributed by atoms with van der Waals surface area (Å²) in [5, 5.41) is 21.0. The van der Waals surface area contributed by atoms with Crippen LogP contribution >= 0.6 is 45.8 Å². The summed E-state index contributed by atoms with van der Waals surface area (Å²) >= 11 is 13.8. The van der Waals surface area contributed by atoms with E-state index in [-0.39, 0.29) is 34.2 Å². The number of anilines is 2. The number of amides is 4. The molecule has 3 heterocycles. The third-order valence-corrected chi connectivity index (χ3v) is 12.5. The third kappa shape index (κ3) is 14.9. The lowest BCUT2D eigenvalue weighted by Crippen LogP contribution is -2.35. The van der Waals surface area contributed by atoms with Gasteiger partial charge in [-0.25, -0.2) is 41.6 Å². The molecule has 21 nitrogen and oxygen atoms in total. The maximum absolute atomic E-state index is 14.5. The lowest BCUT2D eigenvalue weighted by atomic mass is 9.93. The number of carbonyl (C=O) groups is 6. The van der Waals surface area contributed by atoms with Crippen LogP contribution < -0.4 is 29.1 Å². The van der Waals surface area contributed by atoms with Crippen molar-refractivity contribution in [2.75, 3.05) is 37.1 Å². The number of imide groups is 1. The number of aromatic nitrogens is 4. The first-order valence-electron chi connectivity index (χ1n) is 21.1. The number of rotatable bonds is 16. The van der Waals surface area contributed by atoms with Crippen molar-refractivity contribution in [2.45, 2.75) is 63.7 Å². The molecule has 0 saturated heterocycles. The number of methoxy groups -OCH3 is 1. The minimum absolute atomic E-state index is 0.000883. The van der Waals surface area contributed by atoms with Gasteiger partial charge < -0.3 is 29.2 Å². The van der Waals surface area contributed by atoms with Crippen LogP contribution in [0, 0.1) is 16.3 Å². The van der Waals surface area contributed by atoms with Crippen molar-refractivity contribution in [1.29, 1.82) is 0 Å². The van der Waals surface area contributed by atoms with E-state index in [1.807, 2.05) is 29.5 Å². The van der Waals surface area contributed by atoms with Crippen LogP contribution in [0.3, 0.4) is 0 Å². The van der Waals surface area contributed by atoms with Crippen molar-refractivity contribution in [3.8, 4) is 17.5 Å². The number of nitrogens with one attached hydrogen (secondary N) is 2. The van der Waals surface area contributed by atoms with Crippen molar-refractivity contribution in [1.82, 2.24) is 24.7 Å². The summed E-state index contributed by atoms with van der Waals surface area (Å²) in [6, 6.07) is 11.4. The average molecular weight is 1150 g/mol. The lowest BCUT2D eigenvalue weighted by Gasteiger charge is -2.18. The zero-order chi connectivity index (χ0) is 52.0. The minimum atomic E-state index is -4.45. The lowest BCUT2D eigenvalue weighted by molar-refractivity contribution is -0.146. The Bertz CT molecular complexity index is 2990. The third-order valence-electron chi connectivity index (χ3n) is 9.84. The van der Waals surface area contributed by atoms with Gasteiger partial charge in [-0.2, -0.15) is 15.0 Å². The van der Waals surface area contributed by atoms with Crippen LogP contribution in [0.15, 0.2) is 76.8 Å². The highest BCUT2D eigenvalue weighted by Crippen LogP contribution is 2.39. The van der Waals surface area contributed by atoms with Gasteiger partial charge >= 0.3 is 29.9 Å². The number of esters is 1. The number of hydrogen-bond donors (Lipinski definition) is 4. The van der Waals surface area contributed by atoms with Gasteiger partial charge in [-0.15, -0.1) is 0 Å². The molecule has 4 amide bonds. The Kier molecular flexibility index (Phi) is 19.7. The van der Waals surface area contributed by atoms with Crippen LogP contribution in [-0.4, -0.2) is 101 Å². The molecule has 0 atom stereocenters. The number of aliphatic carboxylic acids is 1. The van der Waals surface area contributed by atoms with Gasteiger partial charge in [0.2, 0.25) is 5.95 Å². The van der Waals surface area contributed by atoms with Crippen molar-refractivity contribution in [2.24, 2.45) is 0 Å². The highest BCUT2D eigenvalue weighted by atomic mass is 127. The van der Waals surface area contributed by atoms with Crippen LogP contribution in [-0.2, 0) is 33.9 Å². The molecule has 26 heteroatoms. The van der Waals surface area contributed by atoms with E-state index in [2.05, 4.69) is 25.3 Å². The molecule has 1 aliphatic carbocycles. The molecular formula is C45H43Cl2FIN7O14S. The second kappa shape index (κ2) is 25.4. The standard InChI is InChI=1S/C21H23ClFNO5.C13H12IN5O6S.C11H8ClNO3/c1-2-3-6-9-28-19(25)12-29-18-11-17(16(23)10-15(18)22)24-20(26)13-7-4-5-8-14(13)21(24)27;1-6-15-11(18-13(16-6)25-2)17-12(22)19-26(23,24)9-5-7(14)3-4-8(9)10(20)21;12-8-3-4-9(16-6-10(14)15)11-7(8)2-1-5-13-11/h10-11H,2-9,12H2,1H3;3-5H,1-2H3,(H,20,21)(H2,15,16,17,18,19,22);1-5H,6H2,(H,14,15). The summed E-state index contributed by atoms with van der Waals surface area (Å²) < 4.78 is 61.9. The Morgan fingerprint density at radius 3 is 2.23 bits per heavy atom. The summed E-state index contributed by atoms with van der Waals surface area (Å²) in [5.74, 6) is -4.46. The molecule has 4 N–H and O–H groups in total. The van der Waals surface area contributed by atoms with Gasteiger partial charge in [-0.3, -0.25) is 19.9 Å². The number of ether oxygens (including phenoxy) is 4. The number of sulfonamides is 1. The summed E-state index contributed by atoms with van der Waals surface area (Å²) in [5.41, 5.74) is 0.771. The normalized spacial score (nSPS) is 13.0. The van der Waals surface area contributed by atoms with Crippen LogP contribution in [0.1, 0.15) is 68.1 Å². The molecule has 0 spiro atoms. The SMILES string of the molecule is CCCCCOC(=O)COc1cc(N2C(=O)C3=C(CCCC3)C2=O)c(F)cc1Cl.COc1nc(C)nc(NC(=O)NS(=O)(=O)c2cc(I)ccc2C(=O)O)n1.O=C(O)COc1ccc(Cl)c2cccnc12. The van der Waals surface area contributed by atoms with Gasteiger partial charge in [0.1, 0.15) is 33.6 Å². The van der Waals surface area contributed by atoms with Gasteiger partial charge in [0.15, 0.2) is 13.2 Å². The Morgan fingerprint density at radius 2 is 1.58 bits per heavy atom. The van der Waals surface area contributed by atoms with Gasteiger partial charge in [-0.05, 0) is 110 Å². The number of carboxylic acids is 2. The Hall–Kier alpha value is -6.77. The number of hydrogen-bond acceptors (Lipinski definition) is 16. The van der Waals surface area contributed by atoms with E-state index in [0.29, 0.717) is 50.5 Å². The fraction of sp³-hybridized carbons (Fsp3) is 0.289. The fourth-order valence-electron chi connectivity index (χ4n) is 6.65. The van der Waals surface area contributed by atoms with Crippen molar-refractivity contribution in [3.05, 3.63) is 103 Å².